The van der Waals surface area contributed by atoms with Crippen LogP contribution in [0.5, 0.6) is 0 Å². The highest BCUT2D eigenvalue weighted by atomic mass is 16.4. The van der Waals surface area contributed by atoms with E-state index in [9.17, 15) is 14.7 Å². The van der Waals surface area contributed by atoms with Crippen LogP contribution < -0.4 is 5.73 Å². The lowest BCUT2D eigenvalue weighted by Crippen LogP contribution is -2.59. The summed E-state index contributed by atoms with van der Waals surface area (Å²) in [7, 11) is 0. The Morgan fingerprint density at radius 1 is 1.03 bits per heavy atom. The van der Waals surface area contributed by atoms with Crippen molar-refractivity contribution in [3.8, 4) is 11.3 Å². The van der Waals surface area contributed by atoms with Crippen LogP contribution in [-0.2, 0) is 17.6 Å². The van der Waals surface area contributed by atoms with Gasteiger partial charge in [-0.2, -0.15) is 0 Å². The van der Waals surface area contributed by atoms with Crippen LogP contribution in [-0.4, -0.2) is 64.0 Å². The molecule has 1 saturated heterocycles. The summed E-state index contributed by atoms with van der Waals surface area (Å²) in [4.78, 5) is 33.0. The fourth-order valence-electron chi connectivity index (χ4n) is 5.61. The molecular formula is C29H32N4O3. The molecule has 0 saturated carbocycles. The summed E-state index contributed by atoms with van der Waals surface area (Å²) in [5.41, 5.74) is 11.3. The van der Waals surface area contributed by atoms with E-state index in [1.165, 1.54) is 22.8 Å². The van der Waals surface area contributed by atoms with Gasteiger partial charge < -0.3 is 10.8 Å². The van der Waals surface area contributed by atoms with Gasteiger partial charge in [-0.05, 0) is 60.6 Å². The second-order valence-electron chi connectivity index (χ2n) is 9.73. The number of aromatic nitrogens is 1. The van der Waals surface area contributed by atoms with E-state index in [2.05, 4.69) is 51.2 Å². The summed E-state index contributed by atoms with van der Waals surface area (Å²) >= 11 is 0. The van der Waals surface area contributed by atoms with Crippen molar-refractivity contribution in [2.24, 2.45) is 5.73 Å². The molecule has 186 valence electrons. The molecule has 2 heterocycles. The number of fused-ring (bicyclic) bond motifs is 1. The van der Waals surface area contributed by atoms with Crippen LogP contribution in [0.4, 0.5) is 0 Å². The van der Waals surface area contributed by atoms with Gasteiger partial charge in [0, 0.05) is 37.8 Å². The van der Waals surface area contributed by atoms with Gasteiger partial charge in [-0.25, -0.2) is 9.78 Å². The minimum Gasteiger partial charge on any atom is -0.477 e. The number of nitrogens with two attached hydrogens (primary N) is 1. The van der Waals surface area contributed by atoms with E-state index in [1.807, 2.05) is 18.2 Å². The van der Waals surface area contributed by atoms with Crippen LogP contribution in [0.2, 0.25) is 0 Å². The van der Waals surface area contributed by atoms with Gasteiger partial charge in [0.2, 0.25) is 5.91 Å². The van der Waals surface area contributed by atoms with Crippen molar-refractivity contribution >= 4 is 11.9 Å². The molecule has 0 bridgehead atoms. The number of carbonyl (C=O) groups excluding carboxylic acids is 1. The lowest BCUT2D eigenvalue weighted by atomic mass is 9.84. The van der Waals surface area contributed by atoms with Crippen molar-refractivity contribution in [3.05, 3.63) is 89.1 Å². The van der Waals surface area contributed by atoms with Crippen LogP contribution in [0.15, 0.2) is 66.7 Å². The van der Waals surface area contributed by atoms with Crippen LogP contribution in [0.1, 0.15) is 46.1 Å². The van der Waals surface area contributed by atoms with E-state index >= 15 is 0 Å². The van der Waals surface area contributed by atoms with Gasteiger partial charge in [0.05, 0.1) is 5.69 Å². The molecule has 1 aliphatic heterocycles. The van der Waals surface area contributed by atoms with Gasteiger partial charge in [0.25, 0.3) is 0 Å². The molecule has 2 aromatic carbocycles. The molecule has 7 nitrogen and oxygen atoms in total. The number of carboxylic acid groups (broad SMARTS) is 1. The topological polar surface area (TPSA) is 99.8 Å². The highest BCUT2D eigenvalue weighted by molar-refractivity contribution is 5.86. The minimum absolute atomic E-state index is 0.0298. The first-order valence-electron chi connectivity index (χ1n) is 12.6. The number of piperazine rings is 1. The number of amides is 1. The van der Waals surface area contributed by atoms with Crippen LogP contribution in [0.25, 0.3) is 11.3 Å². The third-order valence-corrected chi connectivity index (χ3v) is 7.49. The van der Waals surface area contributed by atoms with Crippen LogP contribution in [0.3, 0.4) is 0 Å². The molecule has 1 aliphatic carbocycles. The lowest BCUT2D eigenvalue weighted by Gasteiger charge is -2.45. The Labute approximate surface area is 211 Å². The minimum atomic E-state index is -1.04. The Morgan fingerprint density at radius 2 is 1.86 bits per heavy atom. The normalized spacial score (nSPS) is 20.6. The van der Waals surface area contributed by atoms with E-state index in [0.29, 0.717) is 12.2 Å². The quantitative estimate of drug-likeness (QED) is 0.532. The van der Waals surface area contributed by atoms with E-state index in [0.717, 1.165) is 50.9 Å². The molecule has 1 aromatic heterocycles. The zero-order chi connectivity index (χ0) is 25.1. The number of aryl methyl sites for hydroxylation is 1. The first-order valence-corrected chi connectivity index (χ1v) is 12.6. The average Bonchev–Trinajstić information content (AvgIpc) is 2.92. The van der Waals surface area contributed by atoms with Gasteiger partial charge in [0.15, 0.2) is 0 Å². The maximum absolute atomic E-state index is 12.6. The fourth-order valence-corrected chi connectivity index (χ4v) is 5.61. The first kappa shape index (κ1) is 24.2. The molecular weight excluding hydrogens is 452 g/mol. The van der Waals surface area contributed by atoms with E-state index in [-0.39, 0.29) is 23.7 Å². The monoisotopic (exact) mass is 484 g/mol. The molecule has 5 rings (SSSR count). The molecule has 0 unspecified atom stereocenters. The molecule has 3 N–H and O–H groups in total. The Balaban J connectivity index is 1.37. The maximum Gasteiger partial charge on any atom is 0.354 e. The largest absolute Gasteiger partial charge is 0.477 e. The number of rotatable bonds is 7. The molecule has 1 amide bonds. The Morgan fingerprint density at radius 3 is 2.64 bits per heavy atom. The number of benzene rings is 2. The van der Waals surface area contributed by atoms with Gasteiger partial charge in [-0.15, -0.1) is 0 Å². The van der Waals surface area contributed by atoms with Crippen LogP contribution in [0, 0.1) is 0 Å². The standard InChI is InChI=1S/C29H32N4O3/c30-28(34)27-19-32(15-14-20-6-2-1-3-7-20)16-17-33(27)26-11-4-8-21-12-13-22(18-23(21)26)24-9-5-10-25(31-24)29(35)36/h1-3,5-7,9-10,12-13,18,26-27H,4,8,11,14-17,19H2,(H2,30,34)(H,35,36)/t26-,27-/m0/s1. The number of hydrogen-bond donors (Lipinski definition) is 2. The molecule has 0 spiro atoms. The second kappa shape index (κ2) is 10.6. The molecule has 1 fully saturated rings. The highest BCUT2D eigenvalue weighted by Gasteiger charge is 2.37. The van der Waals surface area contributed by atoms with Gasteiger partial charge in [0.1, 0.15) is 11.7 Å². The maximum atomic E-state index is 12.6. The van der Waals surface area contributed by atoms with Crippen molar-refractivity contribution in [2.45, 2.75) is 37.8 Å². The molecule has 2 atom stereocenters. The first-order chi connectivity index (χ1) is 17.5. The van der Waals surface area contributed by atoms with E-state index < -0.39 is 5.97 Å². The number of carbonyl (C=O) groups is 2. The SMILES string of the molecule is NC(=O)[C@@H]1CN(CCc2ccccc2)CCN1[C@H]1CCCc2ccc(-c3cccc(C(=O)O)n3)cc21. The molecule has 2 aliphatic rings. The Bertz CT molecular complexity index is 1250. The van der Waals surface area contributed by atoms with Gasteiger partial charge in [-0.3, -0.25) is 14.6 Å². The molecule has 0 radical (unpaired) electrons. The number of primary amides is 1. The molecule has 36 heavy (non-hydrogen) atoms. The average molecular weight is 485 g/mol. The summed E-state index contributed by atoms with van der Waals surface area (Å²) < 4.78 is 0. The van der Waals surface area contributed by atoms with Crippen molar-refractivity contribution in [1.29, 1.82) is 0 Å². The van der Waals surface area contributed by atoms with E-state index in [4.69, 9.17) is 5.73 Å². The number of pyridine rings is 1. The lowest BCUT2D eigenvalue weighted by molar-refractivity contribution is -0.127. The molecule has 7 heteroatoms. The Kier molecular flexibility index (Phi) is 7.11. The number of nitrogens with zero attached hydrogens (tertiary/aromatic N) is 3. The van der Waals surface area contributed by atoms with Gasteiger partial charge in [-0.1, -0.05) is 48.5 Å². The smallest absolute Gasteiger partial charge is 0.354 e. The zero-order valence-electron chi connectivity index (χ0n) is 20.3. The Hall–Kier alpha value is -3.55. The number of hydrogen-bond acceptors (Lipinski definition) is 5. The summed E-state index contributed by atoms with van der Waals surface area (Å²) in [5.74, 6) is -1.32. The zero-order valence-corrected chi connectivity index (χ0v) is 20.3. The predicted octanol–water partition coefficient (Wildman–Crippen LogP) is 3.54. The molecule has 3 aromatic rings. The third-order valence-electron chi connectivity index (χ3n) is 7.49. The fraction of sp³-hybridized carbons (Fsp3) is 0.345. The summed E-state index contributed by atoms with van der Waals surface area (Å²) in [6.45, 7) is 3.21. The van der Waals surface area contributed by atoms with Crippen molar-refractivity contribution < 1.29 is 14.7 Å². The number of aromatic carboxylic acids is 1. The van der Waals surface area contributed by atoms with Crippen molar-refractivity contribution in [2.75, 3.05) is 26.2 Å². The third kappa shape index (κ3) is 5.17. The second-order valence-corrected chi connectivity index (χ2v) is 9.73. The van der Waals surface area contributed by atoms with Crippen LogP contribution >= 0.6 is 0 Å². The van der Waals surface area contributed by atoms with E-state index in [1.54, 1.807) is 6.07 Å². The number of carboxylic acids is 1. The highest BCUT2D eigenvalue weighted by Crippen LogP contribution is 2.38. The van der Waals surface area contributed by atoms with Crippen molar-refractivity contribution in [1.82, 2.24) is 14.8 Å². The van der Waals surface area contributed by atoms with Gasteiger partial charge >= 0.3 is 5.97 Å². The van der Waals surface area contributed by atoms with Crippen molar-refractivity contribution in [3.63, 3.8) is 0 Å². The summed E-state index contributed by atoms with van der Waals surface area (Å²) in [6, 6.07) is 21.5. The summed E-state index contributed by atoms with van der Waals surface area (Å²) in [6.07, 6.45) is 3.97. The summed E-state index contributed by atoms with van der Waals surface area (Å²) in [5, 5.41) is 9.35. The predicted molar refractivity (Wildman–Crippen MR) is 139 cm³/mol.